The molecule has 27 heavy (non-hydrogen) atoms. The van der Waals surface area contributed by atoms with E-state index < -0.39 is 11.6 Å². The fourth-order valence-corrected chi connectivity index (χ4v) is 4.27. The molecule has 1 unspecified atom stereocenters. The first kappa shape index (κ1) is 19.5. The van der Waals surface area contributed by atoms with Crippen LogP contribution in [0.4, 0.5) is 19.3 Å². The Kier molecular flexibility index (Phi) is 6.55. The number of hydrogen-bond acceptors (Lipinski definition) is 3. The fourth-order valence-electron chi connectivity index (χ4n) is 3.03. The maximum atomic E-state index is 14.1. The van der Waals surface area contributed by atoms with Gasteiger partial charge in [-0.2, -0.15) is 11.8 Å². The highest BCUT2D eigenvalue weighted by Gasteiger charge is 2.24. The van der Waals surface area contributed by atoms with Crippen LogP contribution in [-0.4, -0.2) is 36.4 Å². The Hall–Kier alpha value is -2.28. The van der Waals surface area contributed by atoms with Crippen LogP contribution in [0.2, 0.25) is 0 Å². The molecule has 0 bridgehead atoms. The number of hydrogen-bond donors (Lipinski definition) is 1. The number of benzene rings is 2. The molecule has 0 saturated carbocycles. The second-order valence-corrected chi connectivity index (χ2v) is 7.47. The molecule has 1 N–H and O–H groups in total. The Morgan fingerprint density at radius 2 is 2.07 bits per heavy atom. The summed E-state index contributed by atoms with van der Waals surface area (Å²) in [6, 6.07) is 10.6. The summed E-state index contributed by atoms with van der Waals surface area (Å²) in [4.78, 5) is 14.4. The second kappa shape index (κ2) is 9.08. The van der Waals surface area contributed by atoms with Crippen LogP contribution >= 0.6 is 11.8 Å². The molecule has 3 rings (SSSR count). The van der Waals surface area contributed by atoms with Crippen molar-refractivity contribution in [3.05, 3.63) is 59.7 Å². The van der Waals surface area contributed by atoms with E-state index in [0.717, 1.165) is 12.1 Å². The van der Waals surface area contributed by atoms with Crippen molar-refractivity contribution in [2.45, 2.75) is 18.6 Å². The Morgan fingerprint density at radius 3 is 2.89 bits per heavy atom. The average molecular weight is 392 g/mol. The van der Waals surface area contributed by atoms with Gasteiger partial charge in [0.05, 0.1) is 12.3 Å². The molecule has 144 valence electrons. The van der Waals surface area contributed by atoms with E-state index in [-0.39, 0.29) is 11.3 Å². The molecule has 1 atom stereocenters. The largest absolute Gasteiger partial charge is 0.492 e. The molecular weight excluding hydrogens is 370 g/mol. The standard InChI is InChI=1S/C20H22F2N2O2S/c1-2-26-18-6-4-3-5-17(18)23-20(25)24-10-9-19(27-12-11-24)15-13-14(21)7-8-16(15)22/h3-8,13,19H,2,9-12H2,1H3,(H,23,25). The first-order chi connectivity index (χ1) is 13.1. The molecule has 7 heteroatoms. The lowest BCUT2D eigenvalue weighted by Crippen LogP contribution is -2.36. The number of thioether (sulfide) groups is 1. The number of rotatable bonds is 4. The Bertz CT molecular complexity index is 803. The van der Waals surface area contributed by atoms with Gasteiger partial charge in [-0.05, 0) is 43.7 Å². The number of carbonyl (C=O) groups excluding carboxylic acids is 1. The van der Waals surface area contributed by atoms with Gasteiger partial charge in [-0.1, -0.05) is 12.1 Å². The zero-order valence-electron chi connectivity index (χ0n) is 15.1. The molecule has 0 spiro atoms. The van der Waals surface area contributed by atoms with Crippen molar-refractivity contribution in [2.75, 3.05) is 30.8 Å². The van der Waals surface area contributed by atoms with Gasteiger partial charge in [-0.25, -0.2) is 13.6 Å². The SMILES string of the molecule is CCOc1ccccc1NC(=O)N1CCSC(c2cc(F)ccc2F)CC1. The van der Waals surface area contributed by atoms with Crippen LogP contribution in [0.15, 0.2) is 42.5 Å². The van der Waals surface area contributed by atoms with Crippen LogP contribution in [0.5, 0.6) is 5.75 Å². The Labute approximate surface area is 161 Å². The van der Waals surface area contributed by atoms with Crippen molar-refractivity contribution < 1.29 is 18.3 Å². The molecule has 0 radical (unpaired) electrons. The van der Waals surface area contributed by atoms with Crippen LogP contribution in [0.25, 0.3) is 0 Å². The molecule has 2 aromatic rings. The van der Waals surface area contributed by atoms with Crippen molar-refractivity contribution in [1.82, 2.24) is 4.90 Å². The third-order valence-corrected chi connectivity index (χ3v) is 5.67. The third-order valence-electron chi connectivity index (χ3n) is 4.36. The fraction of sp³-hybridized carbons (Fsp3) is 0.350. The van der Waals surface area contributed by atoms with E-state index in [1.807, 2.05) is 19.1 Å². The van der Waals surface area contributed by atoms with Crippen LogP contribution < -0.4 is 10.1 Å². The first-order valence-electron chi connectivity index (χ1n) is 8.92. The number of urea groups is 1. The van der Waals surface area contributed by atoms with Gasteiger partial charge in [0.25, 0.3) is 0 Å². The van der Waals surface area contributed by atoms with Gasteiger partial charge < -0.3 is 15.0 Å². The number of ether oxygens (including phenoxy) is 1. The molecule has 1 aliphatic heterocycles. The maximum absolute atomic E-state index is 14.1. The molecule has 4 nitrogen and oxygen atoms in total. The highest BCUT2D eigenvalue weighted by Crippen LogP contribution is 2.36. The minimum absolute atomic E-state index is 0.172. The number of anilines is 1. The zero-order valence-corrected chi connectivity index (χ0v) is 15.9. The molecular formula is C20H22F2N2O2S. The molecule has 0 aliphatic carbocycles. The smallest absolute Gasteiger partial charge is 0.321 e. The number of nitrogens with zero attached hydrogens (tertiary/aromatic N) is 1. The summed E-state index contributed by atoms with van der Waals surface area (Å²) in [5, 5.41) is 2.71. The highest BCUT2D eigenvalue weighted by molar-refractivity contribution is 7.99. The average Bonchev–Trinajstić information content (AvgIpc) is 2.92. The lowest BCUT2D eigenvalue weighted by molar-refractivity contribution is 0.215. The normalized spacial score (nSPS) is 17.3. The van der Waals surface area contributed by atoms with E-state index in [1.54, 1.807) is 28.8 Å². The van der Waals surface area contributed by atoms with Crippen LogP contribution in [0, 0.1) is 11.6 Å². The minimum atomic E-state index is -0.446. The molecule has 2 aromatic carbocycles. The topological polar surface area (TPSA) is 41.6 Å². The van der Waals surface area contributed by atoms with Crippen LogP contribution in [0.1, 0.15) is 24.2 Å². The zero-order chi connectivity index (χ0) is 19.2. The van der Waals surface area contributed by atoms with Crippen molar-refractivity contribution in [3.8, 4) is 5.75 Å². The second-order valence-electron chi connectivity index (χ2n) is 6.16. The van der Waals surface area contributed by atoms with Gasteiger partial charge in [-0.3, -0.25) is 0 Å². The van der Waals surface area contributed by atoms with Gasteiger partial charge in [0, 0.05) is 29.7 Å². The molecule has 1 aliphatic rings. The van der Waals surface area contributed by atoms with Crippen molar-refractivity contribution in [2.24, 2.45) is 0 Å². The first-order valence-corrected chi connectivity index (χ1v) is 9.97. The van der Waals surface area contributed by atoms with Crippen molar-refractivity contribution in [3.63, 3.8) is 0 Å². The van der Waals surface area contributed by atoms with Gasteiger partial charge in [0.15, 0.2) is 0 Å². The predicted molar refractivity (Wildman–Crippen MR) is 104 cm³/mol. The monoisotopic (exact) mass is 392 g/mol. The summed E-state index contributed by atoms with van der Waals surface area (Å²) in [6.07, 6.45) is 0.561. The number of carbonyl (C=O) groups is 1. The van der Waals surface area contributed by atoms with Crippen molar-refractivity contribution in [1.29, 1.82) is 0 Å². The number of halogens is 2. The summed E-state index contributed by atoms with van der Waals surface area (Å²) >= 11 is 1.55. The van der Waals surface area contributed by atoms with Gasteiger partial charge in [0.1, 0.15) is 17.4 Å². The minimum Gasteiger partial charge on any atom is -0.492 e. The highest BCUT2D eigenvalue weighted by atomic mass is 32.2. The Morgan fingerprint density at radius 1 is 1.26 bits per heavy atom. The summed E-state index contributed by atoms with van der Waals surface area (Å²) in [5.41, 5.74) is 0.984. The van der Waals surface area contributed by atoms with Crippen LogP contribution in [-0.2, 0) is 0 Å². The van der Waals surface area contributed by atoms with E-state index in [0.29, 0.717) is 48.9 Å². The molecule has 0 aromatic heterocycles. The van der Waals surface area contributed by atoms with Crippen LogP contribution in [0.3, 0.4) is 0 Å². The molecule has 2 amide bonds. The predicted octanol–water partition coefficient (Wildman–Crippen LogP) is 5.08. The van der Waals surface area contributed by atoms with E-state index in [1.165, 1.54) is 6.07 Å². The molecule has 1 heterocycles. The quantitative estimate of drug-likeness (QED) is 0.789. The Balaban J connectivity index is 1.66. The van der Waals surface area contributed by atoms with E-state index >= 15 is 0 Å². The summed E-state index contributed by atoms with van der Waals surface area (Å²) in [7, 11) is 0. The maximum Gasteiger partial charge on any atom is 0.321 e. The summed E-state index contributed by atoms with van der Waals surface area (Å²) in [5.74, 6) is 0.425. The number of amides is 2. The van der Waals surface area contributed by atoms with Gasteiger partial charge in [0.2, 0.25) is 0 Å². The summed E-state index contributed by atoms with van der Waals surface area (Å²) in [6.45, 7) is 3.40. The van der Waals surface area contributed by atoms with E-state index in [2.05, 4.69) is 5.32 Å². The summed E-state index contributed by atoms with van der Waals surface area (Å²) < 4.78 is 33.1. The van der Waals surface area contributed by atoms with Gasteiger partial charge >= 0.3 is 6.03 Å². The number of nitrogens with one attached hydrogen (secondary N) is 1. The lowest BCUT2D eigenvalue weighted by Gasteiger charge is -2.22. The molecule has 1 saturated heterocycles. The van der Waals surface area contributed by atoms with E-state index in [4.69, 9.17) is 4.74 Å². The molecule has 1 fully saturated rings. The van der Waals surface area contributed by atoms with E-state index in [9.17, 15) is 13.6 Å². The van der Waals surface area contributed by atoms with Gasteiger partial charge in [-0.15, -0.1) is 0 Å². The third kappa shape index (κ3) is 4.91. The van der Waals surface area contributed by atoms with Crippen molar-refractivity contribution >= 4 is 23.5 Å². The number of para-hydroxylation sites is 2. The lowest BCUT2D eigenvalue weighted by atomic mass is 10.1.